The third-order valence-electron chi connectivity index (χ3n) is 3.19. The molecule has 0 aromatic heterocycles. The van der Waals surface area contributed by atoms with Crippen molar-refractivity contribution in [2.45, 2.75) is 65.2 Å². The van der Waals surface area contributed by atoms with Crippen LogP contribution in [-0.2, 0) is 14.3 Å². The Hall–Kier alpha value is -0.710. The summed E-state index contributed by atoms with van der Waals surface area (Å²) in [5, 5.41) is 8.50. The molecule has 0 saturated heterocycles. The van der Waals surface area contributed by atoms with Crippen molar-refractivity contribution in [1.82, 2.24) is 0 Å². The summed E-state index contributed by atoms with van der Waals surface area (Å²) in [5.74, 6) is 1.06. The van der Waals surface area contributed by atoms with Crippen LogP contribution in [0, 0.1) is 5.92 Å². The van der Waals surface area contributed by atoms with Gasteiger partial charge in [0.15, 0.2) is 0 Å². The highest BCUT2D eigenvalue weighted by Crippen LogP contribution is 2.13. The van der Waals surface area contributed by atoms with Crippen LogP contribution in [0.4, 0.5) is 0 Å². The SMILES string of the molecule is CCCCCSCC(C)C(=O)OCCCCCCC(=O)O. The van der Waals surface area contributed by atoms with Crippen molar-refractivity contribution < 1.29 is 19.4 Å². The zero-order valence-corrected chi connectivity index (χ0v) is 14.3. The van der Waals surface area contributed by atoms with Gasteiger partial charge in [-0.15, -0.1) is 0 Å². The third-order valence-corrected chi connectivity index (χ3v) is 4.50. The smallest absolute Gasteiger partial charge is 0.309 e. The van der Waals surface area contributed by atoms with Crippen LogP contribution in [0.2, 0.25) is 0 Å². The average molecular weight is 318 g/mol. The van der Waals surface area contributed by atoms with Gasteiger partial charge in [0.25, 0.3) is 0 Å². The zero-order chi connectivity index (χ0) is 15.9. The van der Waals surface area contributed by atoms with Gasteiger partial charge >= 0.3 is 11.9 Å². The molecule has 0 aromatic rings. The number of hydrogen-bond acceptors (Lipinski definition) is 4. The number of carboxylic acid groups (broad SMARTS) is 1. The fourth-order valence-electron chi connectivity index (χ4n) is 1.83. The van der Waals surface area contributed by atoms with Crippen LogP contribution in [-0.4, -0.2) is 35.2 Å². The lowest BCUT2D eigenvalue weighted by molar-refractivity contribution is -0.147. The second-order valence-corrected chi connectivity index (χ2v) is 6.56. The van der Waals surface area contributed by atoms with Gasteiger partial charge in [-0.05, 0) is 25.0 Å². The van der Waals surface area contributed by atoms with E-state index in [1.54, 1.807) is 0 Å². The Morgan fingerprint density at radius 2 is 1.81 bits per heavy atom. The van der Waals surface area contributed by atoms with Crippen LogP contribution < -0.4 is 0 Å². The second-order valence-electron chi connectivity index (χ2n) is 5.41. The lowest BCUT2D eigenvalue weighted by Crippen LogP contribution is -2.17. The third kappa shape index (κ3) is 14.0. The van der Waals surface area contributed by atoms with Crippen LogP contribution in [0.25, 0.3) is 0 Å². The van der Waals surface area contributed by atoms with Crippen LogP contribution in [0.1, 0.15) is 65.2 Å². The Bertz CT molecular complexity index is 281. The summed E-state index contributed by atoms with van der Waals surface area (Å²) in [6.07, 6.45) is 7.26. The fourth-order valence-corrected chi connectivity index (χ4v) is 2.89. The number of carboxylic acids is 1. The molecule has 0 radical (unpaired) electrons. The minimum Gasteiger partial charge on any atom is -0.481 e. The number of hydrogen-bond donors (Lipinski definition) is 1. The lowest BCUT2D eigenvalue weighted by Gasteiger charge is -2.11. The molecule has 1 N–H and O–H groups in total. The van der Waals surface area contributed by atoms with E-state index in [0.29, 0.717) is 13.0 Å². The molecule has 0 aliphatic heterocycles. The Kier molecular flexibility index (Phi) is 13.8. The van der Waals surface area contributed by atoms with Crippen LogP contribution in [0.15, 0.2) is 0 Å². The van der Waals surface area contributed by atoms with Gasteiger partial charge in [-0.1, -0.05) is 39.5 Å². The molecule has 0 amide bonds. The molecule has 0 aliphatic carbocycles. The summed E-state index contributed by atoms with van der Waals surface area (Å²) in [6.45, 7) is 4.56. The van der Waals surface area contributed by atoms with E-state index in [0.717, 1.165) is 30.8 Å². The summed E-state index contributed by atoms with van der Waals surface area (Å²) >= 11 is 1.83. The first-order valence-corrected chi connectivity index (χ1v) is 9.19. The monoisotopic (exact) mass is 318 g/mol. The molecular weight excluding hydrogens is 288 g/mol. The van der Waals surface area contributed by atoms with Crippen molar-refractivity contribution >= 4 is 23.7 Å². The molecule has 0 saturated carbocycles. The normalized spacial score (nSPS) is 12.1. The number of thioether (sulfide) groups is 1. The number of esters is 1. The molecule has 0 aromatic carbocycles. The van der Waals surface area contributed by atoms with E-state index in [9.17, 15) is 9.59 Å². The van der Waals surface area contributed by atoms with Gasteiger partial charge in [0, 0.05) is 12.2 Å². The topological polar surface area (TPSA) is 63.6 Å². The first-order valence-electron chi connectivity index (χ1n) is 8.04. The van der Waals surface area contributed by atoms with Crippen molar-refractivity contribution in [3.8, 4) is 0 Å². The Labute approximate surface area is 133 Å². The highest BCUT2D eigenvalue weighted by molar-refractivity contribution is 7.99. The van der Waals surface area contributed by atoms with Gasteiger partial charge in [-0.2, -0.15) is 11.8 Å². The Morgan fingerprint density at radius 3 is 2.48 bits per heavy atom. The van der Waals surface area contributed by atoms with Crippen molar-refractivity contribution in [2.75, 3.05) is 18.1 Å². The standard InChI is InChI=1S/C16H30O4S/c1-3-4-9-12-21-13-14(2)16(19)20-11-8-6-5-7-10-15(17)18/h14H,3-13H2,1-2H3,(H,17,18). The summed E-state index contributed by atoms with van der Waals surface area (Å²) < 4.78 is 5.24. The van der Waals surface area contributed by atoms with Gasteiger partial charge in [-0.3, -0.25) is 9.59 Å². The van der Waals surface area contributed by atoms with E-state index in [-0.39, 0.29) is 18.3 Å². The number of ether oxygens (including phenoxy) is 1. The quantitative estimate of drug-likeness (QED) is 0.385. The first kappa shape index (κ1) is 20.3. The van der Waals surface area contributed by atoms with Gasteiger partial charge in [0.1, 0.15) is 0 Å². The predicted molar refractivity (Wildman–Crippen MR) is 87.7 cm³/mol. The molecule has 124 valence electrons. The molecule has 0 rings (SSSR count). The van der Waals surface area contributed by atoms with Gasteiger partial charge in [0.2, 0.25) is 0 Å². The highest BCUT2D eigenvalue weighted by atomic mass is 32.2. The zero-order valence-electron chi connectivity index (χ0n) is 13.4. The maximum atomic E-state index is 11.7. The maximum Gasteiger partial charge on any atom is 0.309 e. The Balaban J connectivity index is 3.41. The summed E-state index contributed by atoms with van der Waals surface area (Å²) in [4.78, 5) is 22.1. The highest BCUT2D eigenvalue weighted by Gasteiger charge is 2.13. The van der Waals surface area contributed by atoms with Crippen LogP contribution in [0.5, 0.6) is 0 Å². The average Bonchev–Trinajstić information content (AvgIpc) is 2.45. The first-order chi connectivity index (χ1) is 10.1. The van der Waals surface area contributed by atoms with Gasteiger partial charge in [0.05, 0.1) is 12.5 Å². The molecule has 21 heavy (non-hydrogen) atoms. The van der Waals surface area contributed by atoms with E-state index in [4.69, 9.17) is 9.84 Å². The maximum absolute atomic E-state index is 11.7. The largest absolute Gasteiger partial charge is 0.481 e. The van der Waals surface area contributed by atoms with Gasteiger partial charge in [-0.25, -0.2) is 0 Å². The molecular formula is C16H30O4S. The second kappa shape index (κ2) is 14.2. The molecule has 0 heterocycles. The number of aliphatic carboxylic acids is 1. The molecule has 1 atom stereocenters. The van der Waals surface area contributed by atoms with E-state index in [1.165, 1.54) is 19.3 Å². The number of carbonyl (C=O) groups is 2. The van der Waals surface area contributed by atoms with E-state index >= 15 is 0 Å². The number of carbonyl (C=O) groups excluding carboxylic acids is 1. The fraction of sp³-hybridized carbons (Fsp3) is 0.875. The predicted octanol–water partition coefficient (Wildman–Crippen LogP) is 4.12. The molecule has 0 fully saturated rings. The van der Waals surface area contributed by atoms with Crippen molar-refractivity contribution in [2.24, 2.45) is 5.92 Å². The van der Waals surface area contributed by atoms with E-state index in [1.807, 2.05) is 18.7 Å². The molecule has 5 heteroatoms. The minimum atomic E-state index is -0.744. The molecule has 0 spiro atoms. The van der Waals surface area contributed by atoms with E-state index < -0.39 is 5.97 Å². The van der Waals surface area contributed by atoms with Crippen LogP contribution >= 0.6 is 11.8 Å². The molecule has 0 aliphatic rings. The minimum absolute atomic E-state index is 0.0383. The molecule has 4 nitrogen and oxygen atoms in total. The molecule has 1 unspecified atom stereocenters. The lowest BCUT2D eigenvalue weighted by atomic mass is 10.1. The molecule has 0 bridgehead atoms. The van der Waals surface area contributed by atoms with Crippen molar-refractivity contribution in [3.63, 3.8) is 0 Å². The van der Waals surface area contributed by atoms with E-state index in [2.05, 4.69) is 6.92 Å². The summed E-state index contributed by atoms with van der Waals surface area (Å²) in [5.41, 5.74) is 0. The number of rotatable bonds is 14. The van der Waals surface area contributed by atoms with Crippen molar-refractivity contribution in [3.05, 3.63) is 0 Å². The summed E-state index contributed by atoms with van der Waals surface area (Å²) in [7, 11) is 0. The van der Waals surface area contributed by atoms with Gasteiger partial charge < -0.3 is 9.84 Å². The van der Waals surface area contributed by atoms with Crippen LogP contribution in [0.3, 0.4) is 0 Å². The summed E-state index contributed by atoms with van der Waals surface area (Å²) in [6, 6.07) is 0. The number of unbranched alkanes of at least 4 members (excludes halogenated alkanes) is 5. The van der Waals surface area contributed by atoms with Crippen molar-refractivity contribution in [1.29, 1.82) is 0 Å². The Morgan fingerprint density at radius 1 is 1.10 bits per heavy atom.